The second kappa shape index (κ2) is 5.85. The summed E-state index contributed by atoms with van der Waals surface area (Å²) in [4.78, 5) is 16.7. The molecule has 0 saturated carbocycles. The van der Waals surface area contributed by atoms with Crippen LogP contribution in [0.3, 0.4) is 0 Å². The predicted molar refractivity (Wildman–Crippen MR) is 84.8 cm³/mol. The van der Waals surface area contributed by atoms with Crippen molar-refractivity contribution in [2.75, 3.05) is 19.8 Å². The molecule has 2 aromatic rings. The molecule has 0 aliphatic carbocycles. The number of amides is 1. The Labute approximate surface area is 133 Å². The number of rotatable bonds is 4. The van der Waals surface area contributed by atoms with E-state index < -0.39 is 0 Å². The molecule has 0 aromatic carbocycles. The molecule has 1 fully saturated rings. The molecule has 0 spiro atoms. The standard InChI is InChI=1S/C16H19N3O2S/c20-16(11-3-5-21-9-11)18-7-13-1-2-15-17-8-14(19(13)15)12-4-6-22-10-12/h4,6,8,10-11,13H,1-3,5,7,9H2,(H,18,20)/t11-,13+/m1/s1. The van der Waals surface area contributed by atoms with Crippen LogP contribution in [0.15, 0.2) is 23.0 Å². The van der Waals surface area contributed by atoms with Crippen LogP contribution in [0.1, 0.15) is 24.7 Å². The zero-order valence-electron chi connectivity index (χ0n) is 12.3. The van der Waals surface area contributed by atoms with Crippen LogP contribution in [0.4, 0.5) is 0 Å². The Morgan fingerprint density at radius 2 is 2.45 bits per heavy atom. The number of aromatic nitrogens is 2. The Hall–Kier alpha value is -1.66. The Bertz CT molecular complexity index is 659. The van der Waals surface area contributed by atoms with Gasteiger partial charge in [0.25, 0.3) is 0 Å². The molecule has 1 N–H and O–H groups in total. The van der Waals surface area contributed by atoms with E-state index in [2.05, 4.69) is 31.7 Å². The van der Waals surface area contributed by atoms with Gasteiger partial charge in [0, 0.05) is 30.5 Å². The molecule has 0 radical (unpaired) electrons. The molecule has 5 nitrogen and oxygen atoms in total. The predicted octanol–water partition coefficient (Wildman–Crippen LogP) is 2.25. The molecule has 6 heteroatoms. The molecule has 2 aromatic heterocycles. The van der Waals surface area contributed by atoms with Crippen molar-refractivity contribution in [2.45, 2.75) is 25.3 Å². The molecule has 1 amide bonds. The summed E-state index contributed by atoms with van der Waals surface area (Å²) < 4.78 is 7.59. The van der Waals surface area contributed by atoms with Crippen LogP contribution >= 0.6 is 11.3 Å². The van der Waals surface area contributed by atoms with E-state index in [1.165, 1.54) is 5.56 Å². The lowest BCUT2D eigenvalue weighted by Crippen LogP contribution is -2.34. The molecule has 4 heterocycles. The molecule has 0 bridgehead atoms. The van der Waals surface area contributed by atoms with Gasteiger partial charge in [-0.2, -0.15) is 11.3 Å². The first-order valence-corrected chi connectivity index (χ1v) is 8.71. The van der Waals surface area contributed by atoms with Gasteiger partial charge in [-0.1, -0.05) is 0 Å². The Balaban J connectivity index is 1.47. The fraction of sp³-hybridized carbons (Fsp3) is 0.500. The fourth-order valence-corrected chi connectivity index (χ4v) is 3.99. The first-order chi connectivity index (χ1) is 10.8. The Kier molecular flexibility index (Phi) is 3.72. The molecule has 0 unspecified atom stereocenters. The van der Waals surface area contributed by atoms with Gasteiger partial charge in [-0.15, -0.1) is 0 Å². The van der Waals surface area contributed by atoms with E-state index in [9.17, 15) is 4.79 Å². The SMILES string of the molecule is O=C(NC[C@@H]1CCc2ncc(-c3ccsc3)n21)[C@@H]1CCOC1. The maximum atomic E-state index is 12.2. The van der Waals surface area contributed by atoms with Gasteiger partial charge >= 0.3 is 0 Å². The van der Waals surface area contributed by atoms with Crippen molar-refractivity contribution in [1.29, 1.82) is 0 Å². The molecule has 2 atom stereocenters. The minimum Gasteiger partial charge on any atom is -0.381 e. The third-order valence-corrected chi connectivity index (χ3v) is 5.25. The van der Waals surface area contributed by atoms with Crippen LogP contribution in [-0.4, -0.2) is 35.2 Å². The first kappa shape index (κ1) is 14.0. The number of ether oxygens (including phenoxy) is 1. The number of nitrogens with one attached hydrogen (secondary N) is 1. The normalized spacial score (nSPS) is 23.6. The van der Waals surface area contributed by atoms with Crippen molar-refractivity contribution >= 4 is 17.2 Å². The number of hydrogen-bond donors (Lipinski definition) is 1. The van der Waals surface area contributed by atoms with Crippen molar-refractivity contribution < 1.29 is 9.53 Å². The minimum atomic E-state index is 0.0278. The summed E-state index contributed by atoms with van der Waals surface area (Å²) in [5, 5.41) is 7.34. The maximum Gasteiger partial charge on any atom is 0.225 e. The molecule has 1 saturated heterocycles. The van der Waals surface area contributed by atoms with Crippen molar-refractivity contribution in [3.63, 3.8) is 0 Å². The van der Waals surface area contributed by atoms with E-state index in [0.717, 1.165) is 30.8 Å². The number of carbonyl (C=O) groups excluding carboxylic acids is 1. The lowest BCUT2D eigenvalue weighted by Gasteiger charge is -2.18. The van der Waals surface area contributed by atoms with Crippen LogP contribution in [-0.2, 0) is 16.0 Å². The number of fused-ring (bicyclic) bond motifs is 1. The summed E-state index contributed by atoms with van der Waals surface area (Å²) in [6, 6.07) is 2.43. The highest BCUT2D eigenvalue weighted by atomic mass is 32.1. The molecule has 2 aliphatic rings. The first-order valence-electron chi connectivity index (χ1n) is 7.77. The number of aryl methyl sites for hydroxylation is 1. The van der Waals surface area contributed by atoms with Crippen LogP contribution in [0, 0.1) is 5.92 Å². The zero-order chi connectivity index (χ0) is 14.9. The fourth-order valence-electron chi connectivity index (χ4n) is 3.34. The zero-order valence-corrected chi connectivity index (χ0v) is 13.1. The van der Waals surface area contributed by atoms with Crippen LogP contribution in [0.2, 0.25) is 0 Å². The molecule has 116 valence electrons. The van der Waals surface area contributed by atoms with E-state index in [1.54, 1.807) is 11.3 Å². The van der Waals surface area contributed by atoms with Crippen molar-refractivity contribution in [3.05, 3.63) is 28.8 Å². The van der Waals surface area contributed by atoms with E-state index in [-0.39, 0.29) is 11.8 Å². The summed E-state index contributed by atoms with van der Waals surface area (Å²) >= 11 is 1.69. The summed E-state index contributed by atoms with van der Waals surface area (Å²) in [6.45, 7) is 1.94. The average Bonchev–Trinajstić information content (AvgIpc) is 3.28. The van der Waals surface area contributed by atoms with Crippen LogP contribution < -0.4 is 5.32 Å². The van der Waals surface area contributed by atoms with Gasteiger partial charge in [-0.05, 0) is 24.3 Å². The van der Waals surface area contributed by atoms with E-state index >= 15 is 0 Å². The molecular weight excluding hydrogens is 298 g/mol. The highest BCUT2D eigenvalue weighted by molar-refractivity contribution is 7.08. The maximum absolute atomic E-state index is 12.2. The number of imidazole rings is 1. The topological polar surface area (TPSA) is 56.2 Å². The molecule has 2 aliphatic heterocycles. The third-order valence-electron chi connectivity index (χ3n) is 4.57. The van der Waals surface area contributed by atoms with Crippen molar-refractivity contribution in [2.24, 2.45) is 5.92 Å². The van der Waals surface area contributed by atoms with Gasteiger partial charge in [0.2, 0.25) is 5.91 Å². The smallest absolute Gasteiger partial charge is 0.225 e. The highest BCUT2D eigenvalue weighted by Crippen LogP contribution is 2.33. The summed E-state index contributed by atoms with van der Waals surface area (Å²) in [5.41, 5.74) is 2.38. The van der Waals surface area contributed by atoms with Crippen molar-refractivity contribution in [3.8, 4) is 11.3 Å². The van der Waals surface area contributed by atoms with E-state index in [4.69, 9.17) is 4.74 Å². The number of thiophene rings is 1. The lowest BCUT2D eigenvalue weighted by molar-refractivity contribution is -0.125. The molecular formula is C16H19N3O2S. The minimum absolute atomic E-state index is 0.0278. The Morgan fingerprint density at radius 1 is 1.50 bits per heavy atom. The molecule has 22 heavy (non-hydrogen) atoms. The van der Waals surface area contributed by atoms with Crippen LogP contribution in [0.25, 0.3) is 11.3 Å². The van der Waals surface area contributed by atoms with Crippen LogP contribution in [0.5, 0.6) is 0 Å². The van der Waals surface area contributed by atoms with Gasteiger partial charge in [0.1, 0.15) is 5.82 Å². The second-order valence-corrected chi connectivity index (χ2v) is 6.72. The monoisotopic (exact) mass is 317 g/mol. The summed E-state index contributed by atoms with van der Waals surface area (Å²) in [6.07, 6.45) is 4.82. The average molecular weight is 317 g/mol. The number of hydrogen-bond acceptors (Lipinski definition) is 4. The quantitative estimate of drug-likeness (QED) is 0.941. The van der Waals surface area contributed by atoms with Gasteiger partial charge in [0.15, 0.2) is 0 Å². The summed E-state index contributed by atoms with van der Waals surface area (Å²) in [5.74, 6) is 1.29. The molecule has 4 rings (SSSR count). The summed E-state index contributed by atoms with van der Waals surface area (Å²) in [7, 11) is 0. The van der Waals surface area contributed by atoms with E-state index in [0.29, 0.717) is 25.8 Å². The van der Waals surface area contributed by atoms with E-state index in [1.807, 2.05) is 6.20 Å². The lowest BCUT2D eigenvalue weighted by atomic mass is 10.1. The largest absolute Gasteiger partial charge is 0.381 e. The Morgan fingerprint density at radius 3 is 3.23 bits per heavy atom. The van der Waals surface area contributed by atoms with Gasteiger partial charge in [-0.3, -0.25) is 4.79 Å². The van der Waals surface area contributed by atoms with Gasteiger partial charge in [-0.25, -0.2) is 4.98 Å². The van der Waals surface area contributed by atoms with Crippen molar-refractivity contribution in [1.82, 2.24) is 14.9 Å². The van der Waals surface area contributed by atoms with Gasteiger partial charge in [0.05, 0.1) is 30.5 Å². The van der Waals surface area contributed by atoms with Gasteiger partial charge < -0.3 is 14.6 Å². The third kappa shape index (κ3) is 2.46. The highest BCUT2D eigenvalue weighted by Gasteiger charge is 2.28. The second-order valence-electron chi connectivity index (χ2n) is 5.94. The number of nitrogens with zero attached hydrogens (tertiary/aromatic N) is 2. The number of carbonyl (C=O) groups is 1.